The lowest BCUT2D eigenvalue weighted by Gasteiger charge is -2.08. The van der Waals surface area contributed by atoms with Gasteiger partial charge in [0.05, 0.1) is 24.4 Å². The number of phenols is 1. The predicted octanol–water partition coefficient (Wildman–Crippen LogP) is -0.222. The molecule has 0 unspecified atom stereocenters. The standard InChI is InChI=1S/C14H15ClN6O5/c1-2-26-9-4-7(3-8(15)11(9)23)5-17-19-10(22)6-16-12-13(24)18-14(25)21-20-12/h3-5,23H,2,6H2,1H3,(H,16,20)(H,19,22)(H2,18,21,24,25)/b17-5+. The molecular formula is C14H15ClN6O5. The molecule has 26 heavy (non-hydrogen) atoms. The van der Waals surface area contributed by atoms with Gasteiger partial charge in [0.15, 0.2) is 11.5 Å². The number of H-pyrrole nitrogens is 2. The Morgan fingerprint density at radius 2 is 2.23 bits per heavy atom. The Morgan fingerprint density at radius 3 is 2.92 bits per heavy atom. The van der Waals surface area contributed by atoms with Crippen molar-refractivity contribution in [1.82, 2.24) is 20.6 Å². The first-order chi connectivity index (χ1) is 12.4. The number of hydrazone groups is 1. The van der Waals surface area contributed by atoms with Crippen LogP contribution >= 0.6 is 11.6 Å². The van der Waals surface area contributed by atoms with Gasteiger partial charge in [-0.1, -0.05) is 11.6 Å². The van der Waals surface area contributed by atoms with Crippen LogP contribution < -0.4 is 26.7 Å². The lowest BCUT2D eigenvalue weighted by molar-refractivity contribution is -0.119. The lowest BCUT2D eigenvalue weighted by Crippen LogP contribution is -2.31. The predicted molar refractivity (Wildman–Crippen MR) is 94.0 cm³/mol. The molecule has 5 N–H and O–H groups in total. The largest absolute Gasteiger partial charge is 0.503 e. The topological polar surface area (TPSA) is 162 Å². The van der Waals surface area contributed by atoms with E-state index in [2.05, 4.69) is 20.9 Å². The van der Waals surface area contributed by atoms with Crippen LogP contribution in [-0.4, -0.2) is 45.6 Å². The summed E-state index contributed by atoms with van der Waals surface area (Å²) in [5.74, 6) is -0.769. The number of carbonyl (C=O) groups excluding carboxylic acids is 1. The number of aromatic hydroxyl groups is 1. The fourth-order valence-corrected chi connectivity index (χ4v) is 2.00. The van der Waals surface area contributed by atoms with Crippen LogP contribution in [0.5, 0.6) is 11.5 Å². The minimum Gasteiger partial charge on any atom is -0.503 e. The summed E-state index contributed by atoms with van der Waals surface area (Å²) < 4.78 is 5.23. The summed E-state index contributed by atoms with van der Waals surface area (Å²) in [6.45, 7) is 1.79. The number of carbonyl (C=O) groups is 1. The molecule has 2 rings (SSSR count). The summed E-state index contributed by atoms with van der Waals surface area (Å²) in [5, 5.41) is 21.5. The Hall–Kier alpha value is -3.34. The highest BCUT2D eigenvalue weighted by atomic mass is 35.5. The number of aromatic amines is 2. The number of nitrogens with zero attached hydrogens (tertiary/aromatic N) is 2. The number of rotatable bonds is 7. The molecule has 0 spiro atoms. The van der Waals surface area contributed by atoms with Gasteiger partial charge in [0, 0.05) is 0 Å². The SMILES string of the molecule is CCOc1cc(/C=N/NC(=O)CNc2n[nH]c(=O)[nH]c2=O)cc(Cl)c1O. The molecule has 0 saturated carbocycles. The minimum absolute atomic E-state index is 0.0776. The fourth-order valence-electron chi connectivity index (χ4n) is 1.78. The van der Waals surface area contributed by atoms with Crippen molar-refractivity contribution in [1.29, 1.82) is 0 Å². The van der Waals surface area contributed by atoms with Crippen LogP contribution in [0.25, 0.3) is 0 Å². The van der Waals surface area contributed by atoms with E-state index in [1.54, 1.807) is 6.92 Å². The van der Waals surface area contributed by atoms with E-state index in [0.717, 1.165) is 0 Å². The summed E-state index contributed by atoms with van der Waals surface area (Å²) in [4.78, 5) is 35.9. The Bertz CT molecular complexity index is 938. The second kappa shape index (κ2) is 8.67. The maximum Gasteiger partial charge on any atom is 0.342 e. The molecule has 1 aromatic heterocycles. The normalized spacial score (nSPS) is 10.7. The number of aromatic nitrogens is 3. The van der Waals surface area contributed by atoms with Gasteiger partial charge in [0.1, 0.15) is 0 Å². The molecule has 0 aliphatic carbocycles. The van der Waals surface area contributed by atoms with Crippen LogP contribution in [0.4, 0.5) is 5.82 Å². The highest BCUT2D eigenvalue weighted by Gasteiger charge is 2.09. The van der Waals surface area contributed by atoms with Gasteiger partial charge < -0.3 is 15.2 Å². The van der Waals surface area contributed by atoms with Crippen molar-refractivity contribution in [3.05, 3.63) is 43.6 Å². The lowest BCUT2D eigenvalue weighted by atomic mass is 10.2. The number of anilines is 1. The average Bonchev–Trinajstić information content (AvgIpc) is 2.58. The molecule has 0 fully saturated rings. The molecule has 0 atom stereocenters. The van der Waals surface area contributed by atoms with Crippen molar-refractivity contribution in [2.45, 2.75) is 6.92 Å². The van der Waals surface area contributed by atoms with E-state index < -0.39 is 17.2 Å². The summed E-state index contributed by atoms with van der Waals surface area (Å²) >= 11 is 5.89. The van der Waals surface area contributed by atoms with Crippen LogP contribution in [-0.2, 0) is 4.79 Å². The van der Waals surface area contributed by atoms with E-state index in [1.165, 1.54) is 18.3 Å². The van der Waals surface area contributed by atoms with E-state index >= 15 is 0 Å². The number of halogens is 1. The molecule has 0 bridgehead atoms. The summed E-state index contributed by atoms with van der Waals surface area (Å²) in [6.07, 6.45) is 1.30. The number of ether oxygens (including phenoxy) is 1. The zero-order chi connectivity index (χ0) is 19.1. The molecule has 1 amide bonds. The highest BCUT2D eigenvalue weighted by Crippen LogP contribution is 2.34. The van der Waals surface area contributed by atoms with E-state index in [4.69, 9.17) is 16.3 Å². The quantitative estimate of drug-likeness (QED) is 0.326. The van der Waals surface area contributed by atoms with Gasteiger partial charge in [-0.3, -0.25) is 14.6 Å². The molecule has 0 radical (unpaired) electrons. The fraction of sp³-hybridized carbons (Fsp3) is 0.214. The summed E-state index contributed by atoms with van der Waals surface area (Å²) in [5.41, 5.74) is 1.20. The van der Waals surface area contributed by atoms with Crippen molar-refractivity contribution in [3.63, 3.8) is 0 Å². The number of amides is 1. The zero-order valence-corrected chi connectivity index (χ0v) is 14.3. The van der Waals surface area contributed by atoms with Crippen LogP contribution in [0.15, 0.2) is 26.8 Å². The molecule has 0 aliphatic rings. The van der Waals surface area contributed by atoms with Crippen LogP contribution in [0.2, 0.25) is 5.02 Å². The van der Waals surface area contributed by atoms with Crippen LogP contribution in [0.3, 0.4) is 0 Å². The van der Waals surface area contributed by atoms with Crippen molar-refractivity contribution in [2.75, 3.05) is 18.5 Å². The van der Waals surface area contributed by atoms with E-state index in [9.17, 15) is 19.5 Å². The molecule has 0 aliphatic heterocycles. The number of benzene rings is 1. The van der Waals surface area contributed by atoms with Gasteiger partial charge in [-0.25, -0.2) is 15.3 Å². The second-order valence-corrected chi connectivity index (χ2v) is 5.19. The molecule has 11 nitrogen and oxygen atoms in total. The molecule has 138 valence electrons. The van der Waals surface area contributed by atoms with Gasteiger partial charge >= 0.3 is 5.69 Å². The Kier molecular flexibility index (Phi) is 6.33. The van der Waals surface area contributed by atoms with Gasteiger partial charge in [0.25, 0.3) is 11.5 Å². The highest BCUT2D eigenvalue weighted by molar-refractivity contribution is 6.32. The monoisotopic (exact) mass is 382 g/mol. The first kappa shape index (κ1) is 19.0. The van der Waals surface area contributed by atoms with Crippen molar-refractivity contribution >= 4 is 29.5 Å². The number of phenolic OH excluding ortho intramolecular Hbond substituents is 1. The van der Waals surface area contributed by atoms with Crippen molar-refractivity contribution in [2.24, 2.45) is 5.10 Å². The second-order valence-electron chi connectivity index (χ2n) is 4.78. The third-order valence-electron chi connectivity index (χ3n) is 2.88. The van der Waals surface area contributed by atoms with Crippen LogP contribution in [0.1, 0.15) is 12.5 Å². The number of nitrogens with one attached hydrogen (secondary N) is 4. The molecule has 0 saturated heterocycles. The van der Waals surface area contributed by atoms with Gasteiger partial charge in [-0.15, -0.1) is 5.10 Å². The maximum absolute atomic E-state index is 11.7. The van der Waals surface area contributed by atoms with Crippen molar-refractivity contribution < 1.29 is 14.6 Å². The smallest absolute Gasteiger partial charge is 0.342 e. The van der Waals surface area contributed by atoms with Crippen LogP contribution in [0, 0.1) is 0 Å². The van der Waals surface area contributed by atoms with E-state index in [-0.39, 0.29) is 28.9 Å². The van der Waals surface area contributed by atoms with E-state index in [0.29, 0.717) is 12.2 Å². The molecule has 2 aromatic rings. The molecule has 1 heterocycles. The van der Waals surface area contributed by atoms with Gasteiger partial charge in [-0.2, -0.15) is 5.10 Å². The molecule has 12 heteroatoms. The number of hydrogen-bond acceptors (Lipinski definition) is 8. The minimum atomic E-state index is -0.757. The maximum atomic E-state index is 11.7. The molecule has 1 aromatic carbocycles. The van der Waals surface area contributed by atoms with Gasteiger partial charge in [-0.05, 0) is 24.6 Å². The number of hydrogen-bond donors (Lipinski definition) is 5. The molecular weight excluding hydrogens is 368 g/mol. The summed E-state index contributed by atoms with van der Waals surface area (Å²) in [7, 11) is 0. The zero-order valence-electron chi connectivity index (χ0n) is 13.5. The first-order valence-electron chi connectivity index (χ1n) is 7.30. The summed E-state index contributed by atoms with van der Waals surface area (Å²) in [6, 6.07) is 2.94. The average molecular weight is 383 g/mol. The Labute approximate surface area is 151 Å². The van der Waals surface area contributed by atoms with Gasteiger partial charge in [0.2, 0.25) is 5.82 Å². The third-order valence-corrected chi connectivity index (χ3v) is 3.17. The van der Waals surface area contributed by atoms with Crippen molar-refractivity contribution in [3.8, 4) is 11.5 Å². The third kappa shape index (κ3) is 5.08. The Balaban J connectivity index is 1.94. The van der Waals surface area contributed by atoms with E-state index in [1.807, 2.05) is 10.1 Å². The first-order valence-corrected chi connectivity index (χ1v) is 7.68. The Morgan fingerprint density at radius 1 is 1.46 bits per heavy atom.